The summed E-state index contributed by atoms with van der Waals surface area (Å²) < 4.78 is 0. The van der Waals surface area contributed by atoms with Crippen LogP contribution in [0.4, 0.5) is 0 Å². The normalized spacial score (nSPS) is 17.3. The Labute approximate surface area is 140 Å². The van der Waals surface area contributed by atoms with Gasteiger partial charge in [-0.15, -0.1) is 0 Å². The second-order valence-corrected chi connectivity index (χ2v) is 6.76. The van der Waals surface area contributed by atoms with Gasteiger partial charge in [0.2, 0.25) is 5.91 Å². The standard InChI is InChI=1S/C18H22N2O2S/c1-13(18(22)19-10-17(21)16-7-9-23-12-16)20-8-6-14-4-2-3-5-15(14)11-20/h2-5,7,9,12-13,17,21H,6,8,10-11H2,1H3,(H,19,22). The summed E-state index contributed by atoms with van der Waals surface area (Å²) in [4.78, 5) is 14.6. The fraction of sp³-hybridized carbons (Fsp3) is 0.389. The zero-order valence-corrected chi connectivity index (χ0v) is 14.1. The van der Waals surface area contributed by atoms with Gasteiger partial charge < -0.3 is 10.4 Å². The van der Waals surface area contributed by atoms with Gasteiger partial charge in [-0.3, -0.25) is 9.69 Å². The third-order valence-corrected chi connectivity index (χ3v) is 5.19. The molecular formula is C18H22N2O2S. The Morgan fingerprint density at radius 3 is 2.87 bits per heavy atom. The molecule has 2 aromatic rings. The summed E-state index contributed by atoms with van der Waals surface area (Å²) in [6, 6.07) is 10.1. The average Bonchev–Trinajstić information content (AvgIpc) is 3.13. The van der Waals surface area contributed by atoms with E-state index >= 15 is 0 Å². The van der Waals surface area contributed by atoms with Crippen molar-refractivity contribution in [1.82, 2.24) is 10.2 Å². The van der Waals surface area contributed by atoms with Crippen molar-refractivity contribution in [2.24, 2.45) is 0 Å². The van der Waals surface area contributed by atoms with E-state index in [4.69, 9.17) is 0 Å². The zero-order valence-electron chi connectivity index (χ0n) is 13.2. The second kappa shape index (κ2) is 7.25. The molecule has 2 N–H and O–H groups in total. The molecule has 23 heavy (non-hydrogen) atoms. The number of benzene rings is 1. The molecule has 2 heterocycles. The van der Waals surface area contributed by atoms with Crippen LogP contribution in [0.3, 0.4) is 0 Å². The molecule has 3 rings (SSSR count). The number of thiophene rings is 1. The predicted octanol–water partition coefficient (Wildman–Crippen LogP) is 2.34. The van der Waals surface area contributed by atoms with Gasteiger partial charge in [0.05, 0.1) is 12.1 Å². The van der Waals surface area contributed by atoms with Crippen LogP contribution in [0.5, 0.6) is 0 Å². The third-order valence-electron chi connectivity index (χ3n) is 4.48. The summed E-state index contributed by atoms with van der Waals surface area (Å²) >= 11 is 1.54. The SMILES string of the molecule is CC(C(=O)NCC(O)c1ccsc1)N1CCc2ccccc2C1. The molecular weight excluding hydrogens is 308 g/mol. The van der Waals surface area contributed by atoms with E-state index in [1.54, 1.807) is 11.3 Å². The first-order valence-corrected chi connectivity index (χ1v) is 8.88. The van der Waals surface area contributed by atoms with Crippen molar-refractivity contribution in [3.63, 3.8) is 0 Å². The lowest BCUT2D eigenvalue weighted by Gasteiger charge is -2.33. The molecule has 1 aliphatic heterocycles. The van der Waals surface area contributed by atoms with E-state index in [-0.39, 0.29) is 18.5 Å². The molecule has 1 amide bonds. The minimum absolute atomic E-state index is 0.0290. The Morgan fingerprint density at radius 2 is 2.13 bits per heavy atom. The average molecular weight is 330 g/mol. The van der Waals surface area contributed by atoms with Gasteiger partial charge in [0.25, 0.3) is 0 Å². The molecule has 2 unspecified atom stereocenters. The Kier molecular flexibility index (Phi) is 5.10. The first kappa shape index (κ1) is 16.2. The van der Waals surface area contributed by atoms with Crippen molar-refractivity contribution in [3.8, 4) is 0 Å². The van der Waals surface area contributed by atoms with E-state index in [0.29, 0.717) is 0 Å². The van der Waals surface area contributed by atoms with Crippen molar-refractivity contribution >= 4 is 17.2 Å². The molecule has 0 spiro atoms. The summed E-state index contributed by atoms with van der Waals surface area (Å²) in [5, 5.41) is 16.8. The lowest BCUT2D eigenvalue weighted by molar-refractivity contribution is -0.126. The molecule has 1 aliphatic rings. The molecule has 0 bridgehead atoms. The van der Waals surface area contributed by atoms with Gasteiger partial charge in [-0.05, 0) is 46.9 Å². The topological polar surface area (TPSA) is 52.6 Å². The number of aliphatic hydroxyl groups excluding tert-OH is 1. The van der Waals surface area contributed by atoms with Crippen LogP contribution in [0.2, 0.25) is 0 Å². The molecule has 122 valence electrons. The van der Waals surface area contributed by atoms with Crippen LogP contribution in [0.25, 0.3) is 0 Å². The summed E-state index contributed by atoms with van der Waals surface area (Å²) in [6.45, 7) is 3.88. The molecule has 0 aliphatic carbocycles. The lowest BCUT2D eigenvalue weighted by atomic mass is 9.99. The second-order valence-electron chi connectivity index (χ2n) is 5.98. The molecule has 0 saturated carbocycles. The van der Waals surface area contributed by atoms with Crippen LogP contribution in [0.1, 0.15) is 29.7 Å². The fourth-order valence-corrected chi connectivity index (χ4v) is 3.65. The monoisotopic (exact) mass is 330 g/mol. The van der Waals surface area contributed by atoms with E-state index in [0.717, 1.165) is 25.1 Å². The number of nitrogens with zero attached hydrogens (tertiary/aromatic N) is 1. The fourth-order valence-electron chi connectivity index (χ4n) is 2.94. The summed E-state index contributed by atoms with van der Waals surface area (Å²) in [5.74, 6) is -0.0290. The Balaban J connectivity index is 1.54. The highest BCUT2D eigenvalue weighted by molar-refractivity contribution is 7.07. The molecule has 5 heteroatoms. The van der Waals surface area contributed by atoms with Gasteiger partial charge in [0, 0.05) is 19.6 Å². The van der Waals surface area contributed by atoms with Crippen LogP contribution in [0.15, 0.2) is 41.1 Å². The predicted molar refractivity (Wildman–Crippen MR) is 92.3 cm³/mol. The number of carbonyl (C=O) groups excluding carboxylic acids is 1. The smallest absolute Gasteiger partial charge is 0.237 e. The van der Waals surface area contributed by atoms with E-state index in [1.165, 1.54) is 11.1 Å². The number of fused-ring (bicyclic) bond motifs is 1. The maximum Gasteiger partial charge on any atom is 0.237 e. The number of rotatable bonds is 5. The number of amides is 1. The largest absolute Gasteiger partial charge is 0.387 e. The van der Waals surface area contributed by atoms with Crippen molar-refractivity contribution in [2.45, 2.75) is 32.0 Å². The number of hydrogen-bond donors (Lipinski definition) is 2. The Hall–Kier alpha value is -1.69. The zero-order chi connectivity index (χ0) is 16.2. The van der Waals surface area contributed by atoms with Crippen LogP contribution in [0, 0.1) is 0 Å². The third kappa shape index (κ3) is 3.80. The summed E-state index contributed by atoms with van der Waals surface area (Å²) in [5.41, 5.74) is 3.54. The highest BCUT2D eigenvalue weighted by Crippen LogP contribution is 2.20. The Bertz CT molecular complexity index is 657. The van der Waals surface area contributed by atoms with Crippen molar-refractivity contribution in [3.05, 3.63) is 57.8 Å². The van der Waals surface area contributed by atoms with Gasteiger partial charge in [-0.25, -0.2) is 0 Å². The molecule has 0 saturated heterocycles. The maximum absolute atomic E-state index is 12.4. The molecule has 1 aromatic carbocycles. The minimum Gasteiger partial charge on any atom is -0.387 e. The van der Waals surface area contributed by atoms with Gasteiger partial charge in [0.15, 0.2) is 0 Å². The molecule has 4 nitrogen and oxygen atoms in total. The first-order valence-electron chi connectivity index (χ1n) is 7.94. The molecule has 2 atom stereocenters. The molecule has 1 aromatic heterocycles. The Morgan fingerprint density at radius 1 is 1.35 bits per heavy atom. The van der Waals surface area contributed by atoms with Crippen molar-refractivity contribution in [1.29, 1.82) is 0 Å². The highest BCUT2D eigenvalue weighted by atomic mass is 32.1. The van der Waals surface area contributed by atoms with E-state index < -0.39 is 6.10 Å². The van der Waals surface area contributed by atoms with E-state index in [2.05, 4.69) is 28.4 Å². The lowest BCUT2D eigenvalue weighted by Crippen LogP contribution is -2.47. The van der Waals surface area contributed by atoms with E-state index in [9.17, 15) is 9.90 Å². The number of aliphatic hydroxyl groups is 1. The summed E-state index contributed by atoms with van der Waals surface area (Å²) in [7, 11) is 0. The first-order chi connectivity index (χ1) is 11.1. The molecule has 0 radical (unpaired) electrons. The maximum atomic E-state index is 12.4. The number of hydrogen-bond acceptors (Lipinski definition) is 4. The highest BCUT2D eigenvalue weighted by Gasteiger charge is 2.25. The molecule has 0 fully saturated rings. The summed E-state index contributed by atoms with van der Waals surface area (Å²) in [6.07, 6.45) is 0.338. The van der Waals surface area contributed by atoms with Gasteiger partial charge in [0.1, 0.15) is 0 Å². The van der Waals surface area contributed by atoms with E-state index in [1.807, 2.05) is 29.8 Å². The number of nitrogens with one attached hydrogen (secondary N) is 1. The quantitative estimate of drug-likeness (QED) is 0.885. The van der Waals surface area contributed by atoms with Gasteiger partial charge >= 0.3 is 0 Å². The van der Waals surface area contributed by atoms with Crippen LogP contribution < -0.4 is 5.32 Å². The van der Waals surface area contributed by atoms with Crippen LogP contribution in [-0.4, -0.2) is 35.0 Å². The van der Waals surface area contributed by atoms with Gasteiger partial charge in [-0.1, -0.05) is 24.3 Å². The van der Waals surface area contributed by atoms with Crippen LogP contribution in [-0.2, 0) is 17.8 Å². The van der Waals surface area contributed by atoms with Crippen LogP contribution >= 0.6 is 11.3 Å². The number of carbonyl (C=O) groups is 1. The van der Waals surface area contributed by atoms with Crippen molar-refractivity contribution in [2.75, 3.05) is 13.1 Å². The minimum atomic E-state index is -0.639. The van der Waals surface area contributed by atoms with Gasteiger partial charge in [-0.2, -0.15) is 11.3 Å². The van der Waals surface area contributed by atoms with Crippen molar-refractivity contribution < 1.29 is 9.90 Å².